The van der Waals surface area contributed by atoms with Crippen LogP contribution in [0.2, 0.25) is 0 Å². The minimum atomic E-state index is -0.368. The molecule has 1 N–H and O–H groups in total. The third-order valence-corrected chi connectivity index (χ3v) is 5.03. The number of carbonyl (C=O) groups is 2. The van der Waals surface area contributed by atoms with Crippen LogP contribution in [0.3, 0.4) is 0 Å². The van der Waals surface area contributed by atoms with E-state index in [1.807, 2.05) is 47.9 Å². The molecule has 3 rings (SSSR count). The Labute approximate surface area is 172 Å². The maximum Gasteiger partial charge on any atom is 0.286 e. The van der Waals surface area contributed by atoms with E-state index in [0.717, 1.165) is 10.2 Å². The van der Waals surface area contributed by atoms with Gasteiger partial charge in [0.15, 0.2) is 11.4 Å². The van der Waals surface area contributed by atoms with E-state index < -0.39 is 0 Å². The molecule has 7 nitrogen and oxygen atoms in total. The van der Waals surface area contributed by atoms with Gasteiger partial charge >= 0.3 is 0 Å². The fourth-order valence-corrected chi connectivity index (χ4v) is 3.87. The first kappa shape index (κ1) is 20.8. The number of amides is 2. The number of hydrogen-bond acceptors (Lipinski definition) is 5. The Hall–Kier alpha value is -2.97. The van der Waals surface area contributed by atoms with E-state index in [1.165, 1.54) is 18.3 Å². The Morgan fingerprint density at radius 2 is 1.97 bits per heavy atom. The van der Waals surface area contributed by atoms with Gasteiger partial charge in [-0.05, 0) is 37.3 Å². The number of nitrogens with one attached hydrogen (secondary N) is 1. The lowest BCUT2D eigenvalue weighted by atomic mass is 10.3. The number of anilines is 1. The minimum Gasteiger partial charge on any atom is -0.484 e. The summed E-state index contributed by atoms with van der Waals surface area (Å²) in [6, 6.07) is 14.8. The Morgan fingerprint density at radius 1 is 1.17 bits per heavy atom. The van der Waals surface area contributed by atoms with E-state index in [-0.39, 0.29) is 18.4 Å². The van der Waals surface area contributed by atoms with E-state index in [1.54, 1.807) is 12.1 Å². The second kappa shape index (κ2) is 9.99. The van der Waals surface area contributed by atoms with Crippen molar-refractivity contribution < 1.29 is 19.1 Å². The van der Waals surface area contributed by atoms with Crippen molar-refractivity contribution in [2.45, 2.75) is 20.4 Å². The number of hydrogen-bond donors (Lipinski definition) is 1. The number of rotatable bonds is 8. The number of ether oxygens (including phenoxy) is 2. The average molecular weight is 413 g/mol. The molecule has 0 unspecified atom stereocenters. The summed E-state index contributed by atoms with van der Waals surface area (Å²) in [4.78, 5) is 28.5. The fraction of sp³-hybridized carbons (Fsp3) is 0.286. The van der Waals surface area contributed by atoms with Gasteiger partial charge in [0.25, 0.3) is 5.91 Å². The second-order valence-corrected chi connectivity index (χ2v) is 7.21. The van der Waals surface area contributed by atoms with Crippen LogP contribution in [-0.4, -0.2) is 36.2 Å². The predicted molar refractivity (Wildman–Crippen MR) is 113 cm³/mol. The lowest BCUT2D eigenvalue weighted by Gasteiger charge is -2.06. The normalized spacial score (nSPS) is 11.6. The summed E-state index contributed by atoms with van der Waals surface area (Å²) in [6.07, 6.45) is 0. The molecule has 0 aliphatic heterocycles. The molecule has 0 saturated carbocycles. The first-order chi connectivity index (χ1) is 14.1. The number of carbonyl (C=O) groups excluding carboxylic acids is 2. The topological polar surface area (TPSA) is 81.9 Å². The van der Waals surface area contributed by atoms with Gasteiger partial charge in [0.2, 0.25) is 5.91 Å². The van der Waals surface area contributed by atoms with E-state index in [4.69, 9.17) is 9.47 Å². The molecule has 0 aliphatic rings. The lowest BCUT2D eigenvalue weighted by Crippen LogP contribution is -2.21. The molecule has 0 bridgehead atoms. The molecular weight excluding hydrogens is 390 g/mol. The Bertz CT molecular complexity index is 1060. The summed E-state index contributed by atoms with van der Waals surface area (Å²) in [6.45, 7) is 4.96. The molecule has 8 heteroatoms. The van der Waals surface area contributed by atoms with Gasteiger partial charge in [0.05, 0.1) is 16.8 Å². The quantitative estimate of drug-likeness (QED) is 0.575. The Morgan fingerprint density at radius 3 is 2.69 bits per heavy atom. The molecule has 1 heterocycles. The van der Waals surface area contributed by atoms with Gasteiger partial charge in [0, 0.05) is 25.8 Å². The van der Waals surface area contributed by atoms with Crippen LogP contribution in [0.15, 0.2) is 53.5 Å². The zero-order valence-electron chi connectivity index (χ0n) is 16.4. The highest BCUT2D eigenvalue weighted by Crippen LogP contribution is 2.22. The maximum atomic E-state index is 12.4. The zero-order valence-corrected chi connectivity index (χ0v) is 17.2. The number of thiazole rings is 1. The van der Waals surface area contributed by atoms with E-state index in [9.17, 15) is 9.59 Å². The van der Waals surface area contributed by atoms with E-state index in [2.05, 4.69) is 10.3 Å². The monoisotopic (exact) mass is 413 g/mol. The molecule has 0 spiro atoms. The van der Waals surface area contributed by atoms with Crippen LogP contribution in [-0.2, 0) is 20.9 Å². The molecule has 29 heavy (non-hydrogen) atoms. The van der Waals surface area contributed by atoms with Gasteiger partial charge in [-0.3, -0.25) is 9.59 Å². The molecule has 152 valence electrons. The standard InChI is InChI=1S/C21H23N3O4S/c1-3-27-12-11-24-18-10-9-16(22-15(2)25)13-19(18)29-21(24)23-20(26)14-28-17-7-5-4-6-8-17/h4-10,13H,3,11-12,14H2,1-2H3,(H,22,25). The van der Waals surface area contributed by atoms with Gasteiger partial charge < -0.3 is 19.4 Å². The van der Waals surface area contributed by atoms with Crippen LogP contribution in [0.5, 0.6) is 5.75 Å². The summed E-state index contributed by atoms with van der Waals surface area (Å²) in [5.41, 5.74) is 1.63. The number of fused-ring (bicyclic) bond motifs is 1. The highest BCUT2D eigenvalue weighted by atomic mass is 32.1. The van der Waals surface area contributed by atoms with Crippen LogP contribution in [0, 0.1) is 0 Å². The number of nitrogens with zero attached hydrogens (tertiary/aromatic N) is 2. The van der Waals surface area contributed by atoms with E-state index >= 15 is 0 Å². The van der Waals surface area contributed by atoms with Crippen molar-refractivity contribution in [2.24, 2.45) is 4.99 Å². The minimum absolute atomic E-state index is 0.136. The highest BCUT2D eigenvalue weighted by molar-refractivity contribution is 7.16. The smallest absolute Gasteiger partial charge is 0.286 e. The molecule has 3 aromatic rings. The van der Waals surface area contributed by atoms with Crippen LogP contribution in [0.1, 0.15) is 13.8 Å². The van der Waals surface area contributed by atoms with Gasteiger partial charge in [-0.25, -0.2) is 0 Å². The first-order valence-corrected chi connectivity index (χ1v) is 10.1. The molecule has 2 aromatic carbocycles. The summed E-state index contributed by atoms with van der Waals surface area (Å²) in [7, 11) is 0. The maximum absolute atomic E-state index is 12.4. The first-order valence-electron chi connectivity index (χ1n) is 9.31. The van der Waals surface area contributed by atoms with Gasteiger partial charge in [0.1, 0.15) is 5.75 Å². The molecule has 0 saturated heterocycles. The zero-order chi connectivity index (χ0) is 20.6. The summed E-state index contributed by atoms with van der Waals surface area (Å²) in [5, 5.41) is 2.77. The third kappa shape index (κ3) is 5.75. The summed E-state index contributed by atoms with van der Waals surface area (Å²) < 4.78 is 13.8. The summed E-state index contributed by atoms with van der Waals surface area (Å²) >= 11 is 1.39. The lowest BCUT2D eigenvalue weighted by molar-refractivity contribution is -0.120. The van der Waals surface area contributed by atoms with Crippen molar-refractivity contribution in [1.82, 2.24) is 4.57 Å². The summed E-state index contributed by atoms with van der Waals surface area (Å²) in [5.74, 6) is 0.118. The Balaban J connectivity index is 1.88. The van der Waals surface area contributed by atoms with E-state index in [0.29, 0.717) is 36.0 Å². The molecular formula is C21H23N3O4S. The molecule has 0 aliphatic carbocycles. The van der Waals surface area contributed by atoms with Crippen molar-refractivity contribution in [3.8, 4) is 5.75 Å². The molecule has 2 amide bonds. The predicted octanol–water partition coefficient (Wildman–Crippen LogP) is 3.20. The molecule has 1 aromatic heterocycles. The number of benzene rings is 2. The molecule has 0 atom stereocenters. The van der Waals surface area contributed by atoms with Crippen molar-refractivity contribution >= 4 is 39.1 Å². The average Bonchev–Trinajstić information content (AvgIpc) is 3.03. The van der Waals surface area contributed by atoms with Crippen molar-refractivity contribution in [2.75, 3.05) is 25.1 Å². The van der Waals surface area contributed by atoms with Gasteiger partial charge in [-0.2, -0.15) is 4.99 Å². The van der Waals surface area contributed by atoms with Crippen LogP contribution < -0.4 is 14.9 Å². The third-order valence-electron chi connectivity index (χ3n) is 3.99. The molecule has 0 fully saturated rings. The van der Waals surface area contributed by atoms with Gasteiger partial charge in [-0.15, -0.1) is 0 Å². The number of aromatic nitrogens is 1. The SMILES string of the molecule is CCOCCn1c(=NC(=O)COc2ccccc2)sc2cc(NC(C)=O)ccc21. The van der Waals surface area contributed by atoms with Crippen molar-refractivity contribution in [3.63, 3.8) is 0 Å². The number of para-hydroxylation sites is 1. The highest BCUT2D eigenvalue weighted by Gasteiger charge is 2.10. The Kier molecular flexibility index (Phi) is 7.15. The van der Waals surface area contributed by atoms with Crippen LogP contribution in [0.4, 0.5) is 5.69 Å². The van der Waals surface area contributed by atoms with Crippen LogP contribution >= 0.6 is 11.3 Å². The van der Waals surface area contributed by atoms with Crippen LogP contribution in [0.25, 0.3) is 10.2 Å². The largest absolute Gasteiger partial charge is 0.484 e. The molecule has 0 radical (unpaired) electrons. The van der Waals surface area contributed by atoms with Crippen molar-refractivity contribution in [3.05, 3.63) is 53.3 Å². The fourth-order valence-electron chi connectivity index (χ4n) is 2.76. The van der Waals surface area contributed by atoms with Gasteiger partial charge in [-0.1, -0.05) is 29.5 Å². The second-order valence-electron chi connectivity index (χ2n) is 6.20. The van der Waals surface area contributed by atoms with Crippen molar-refractivity contribution in [1.29, 1.82) is 0 Å².